The molecule has 0 aromatic heterocycles. The maximum absolute atomic E-state index is 12.6. The molecule has 5 nitrogen and oxygen atoms in total. The average Bonchev–Trinajstić information content (AvgIpc) is 2.46. The summed E-state index contributed by atoms with van der Waals surface area (Å²) < 4.78 is 27.4. The largest absolute Gasteiger partial charge is 0.392 e. The molecule has 0 saturated carbocycles. The van der Waals surface area contributed by atoms with E-state index in [4.69, 9.17) is 18.0 Å². The zero-order valence-electron chi connectivity index (χ0n) is 11.7. The van der Waals surface area contributed by atoms with Crippen LogP contribution >= 0.6 is 28.1 Å². The molecule has 1 fully saturated rings. The third-order valence-electron chi connectivity index (χ3n) is 3.69. The minimum Gasteiger partial charge on any atom is -0.392 e. The van der Waals surface area contributed by atoms with Crippen molar-refractivity contribution in [1.82, 2.24) is 9.21 Å². The normalized spacial score (nSPS) is 19.3. The van der Waals surface area contributed by atoms with Crippen LogP contribution in [0, 0.1) is 0 Å². The molecule has 0 bridgehead atoms. The number of sulfonamides is 1. The molecule has 0 aliphatic carbocycles. The van der Waals surface area contributed by atoms with Gasteiger partial charge in [-0.2, -0.15) is 4.31 Å². The number of rotatable bonds is 4. The number of thiocarbonyl (C=S) groups is 1. The van der Waals surface area contributed by atoms with Gasteiger partial charge in [0.2, 0.25) is 10.0 Å². The third-order valence-corrected chi connectivity index (χ3v) is 6.94. The summed E-state index contributed by atoms with van der Waals surface area (Å²) in [6.45, 7) is 4.08. The highest BCUT2D eigenvalue weighted by Crippen LogP contribution is 2.25. The van der Waals surface area contributed by atoms with Gasteiger partial charge in [0.15, 0.2) is 0 Å². The smallest absolute Gasteiger partial charge is 0.244 e. The molecule has 2 N–H and O–H groups in total. The molecule has 1 aromatic carbocycles. The second-order valence-electron chi connectivity index (χ2n) is 4.95. The van der Waals surface area contributed by atoms with Crippen molar-refractivity contribution in [2.75, 3.05) is 26.2 Å². The fourth-order valence-corrected chi connectivity index (χ4v) is 4.84. The average molecular weight is 392 g/mol. The van der Waals surface area contributed by atoms with Crippen molar-refractivity contribution < 1.29 is 8.42 Å². The van der Waals surface area contributed by atoms with Crippen LogP contribution < -0.4 is 5.73 Å². The standard InChI is InChI=1S/C13H18BrN3O2S2/c1-10(13(15)20)16-6-8-17(9-7-16)21(18,19)12-5-3-2-4-11(12)14/h2-5,10H,6-9H2,1H3,(H2,15,20). The third kappa shape index (κ3) is 3.62. The second kappa shape index (κ2) is 6.70. The highest BCUT2D eigenvalue weighted by atomic mass is 79.9. The molecule has 8 heteroatoms. The van der Waals surface area contributed by atoms with Gasteiger partial charge in [-0.05, 0) is 35.0 Å². The first-order valence-corrected chi connectivity index (χ1v) is 9.26. The Labute approximate surface area is 139 Å². The summed E-state index contributed by atoms with van der Waals surface area (Å²) in [4.78, 5) is 2.85. The molecular formula is C13H18BrN3O2S2. The van der Waals surface area contributed by atoms with E-state index in [1.54, 1.807) is 24.3 Å². The summed E-state index contributed by atoms with van der Waals surface area (Å²) in [6.07, 6.45) is 0. The van der Waals surface area contributed by atoms with E-state index in [0.29, 0.717) is 40.5 Å². The van der Waals surface area contributed by atoms with Gasteiger partial charge in [-0.1, -0.05) is 24.4 Å². The van der Waals surface area contributed by atoms with Gasteiger partial charge in [0, 0.05) is 30.7 Å². The lowest BCUT2D eigenvalue weighted by molar-refractivity contribution is 0.175. The van der Waals surface area contributed by atoms with Crippen molar-refractivity contribution in [2.24, 2.45) is 5.73 Å². The molecule has 116 valence electrons. The number of hydrogen-bond donors (Lipinski definition) is 1. The maximum atomic E-state index is 12.6. The fraction of sp³-hybridized carbons (Fsp3) is 0.462. The monoisotopic (exact) mass is 391 g/mol. The highest BCUT2D eigenvalue weighted by molar-refractivity contribution is 9.10. The minimum atomic E-state index is -3.47. The molecule has 1 aliphatic rings. The molecule has 1 aromatic rings. The Balaban J connectivity index is 2.12. The number of halogens is 1. The summed E-state index contributed by atoms with van der Waals surface area (Å²) in [5.41, 5.74) is 5.65. The SMILES string of the molecule is CC(C(N)=S)N1CCN(S(=O)(=O)c2ccccc2Br)CC1. The maximum Gasteiger partial charge on any atom is 0.244 e. The summed E-state index contributed by atoms with van der Waals surface area (Å²) in [5.74, 6) is 0. The van der Waals surface area contributed by atoms with Gasteiger partial charge < -0.3 is 5.73 Å². The van der Waals surface area contributed by atoms with Gasteiger partial charge in [-0.3, -0.25) is 4.90 Å². The molecule has 1 saturated heterocycles. The first kappa shape index (κ1) is 16.8. The quantitative estimate of drug-likeness (QED) is 0.786. The van der Waals surface area contributed by atoms with Gasteiger partial charge in [-0.15, -0.1) is 0 Å². The van der Waals surface area contributed by atoms with E-state index < -0.39 is 10.0 Å². The van der Waals surface area contributed by atoms with Gasteiger partial charge in [0.1, 0.15) is 0 Å². The summed E-state index contributed by atoms with van der Waals surface area (Å²) >= 11 is 8.30. The van der Waals surface area contributed by atoms with Crippen LogP contribution in [0.3, 0.4) is 0 Å². The number of benzene rings is 1. The van der Waals surface area contributed by atoms with Crippen LogP contribution in [0.15, 0.2) is 33.6 Å². The highest BCUT2D eigenvalue weighted by Gasteiger charge is 2.31. The minimum absolute atomic E-state index is 0.00619. The van der Waals surface area contributed by atoms with Crippen LogP contribution in [0.25, 0.3) is 0 Å². The first-order chi connectivity index (χ1) is 9.84. The van der Waals surface area contributed by atoms with Crippen LogP contribution in [0.4, 0.5) is 0 Å². The second-order valence-corrected chi connectivity index (χ2v) is 8.18. The van der Waals surface area contributed by atoms with Crippen LogP contribution in [0.2, 0.25) is 0 Å². The van der Waals surface area contributed by atoms with E-state index in [9.17, 15) is 8.42 Å². The van der Waals surface area contributed by atoms with Gasteiger partial charge in [0.25, 0.3) is 0 Å². The van der Waals surface area contributed by atoms with E-state index >= 15 is 0 Å². The van der Waals surface area contributed by atoms with E-state index in [2.05, 4.69) is 20.8 Å². The van der Waals surface area contributed by atoms with E-state index in [0.717, 1.165) is 0 Å². The van der Waals surface area contributed by atoms with Gasteiger partial charge in [-0.25, -0.2) is 8.42 Å². The van der Waals surface area contributed by atoms with E-state index in [1.165, 1.54) is 4.31 Å². The number of piperazine rings is 1. The molecule has 0 spiro atoms. The van der Waals surface area contributed by atoms with E-state index in [1.807, 2.05) is 6.92 Å². The fourth-order valence-electron chi connectivity index (χ4n) is 2.30. The molecule has 2 rings (SSSR count). The summed E-state index contributed by atoms with van der Waals surface area (Å²) in [5, 5.41) is 0. The Morgan fingerprint density at radius 3 is 2.38 bits per heavy atom. The van der Waals surface area contributed by atoms with Crippen molar-refractivity contribution >= 4 is 43.2 Å². The van der Waals surface area contributed by atoms with Crippen molar-refractivity contribution in [3.8, 4) is 0 Å². The van der Waals surface area contributed by atoms with E-state index in [-0.39, 0.29) is 6.04 Å². The molecular weight excluding hydrogens is 374 g/mol. The Bertz CT molecular complexity index is 628. The Hall–Kier alpha value is -0.540. The Kier molecular flexibility index (Phi) is 5.37. The lowest BCUT2D eigenvalue weighted by atomic mass is 10.2. The van der Waals surface area contributed by atoms with Crippen LogP contribution in [0.5, 0.6) is 0 Å². The molecule has 1 atom stereocenters. The zero-order valence-corrected chi connectivity index (χ0v) is 14.9. The van der Waals surface area contributed by atoms with Crippen molar-refractivity contribution in [2.45, 2.75) is 17.9 Å². The molecule has 1 aliphatic heterocycles. The number of hydrogen-bond acceptors (Lipinski definition) is 4. The first-order valence-electron chi connectivity index (χ1n) is 6.62. The summed E-state index contributed by atoms with van der Waals surface area (Å²) in [6, 6.07) is 6.86. The topological polar surface area (TPSA) is 66.6 Å². The molecule has 21 heavy (non-hydrogen) atoms. The van der Waals surface area contributed by atoms with Crippen molar-refractivity contribution in [1.29, 1.82) is 0 Å². The lowest BCUT2D eigenvalue weighted by Crippen LogP contribution is -2.53. The van der Waals surface area contributed by atoms with Crippen molar-refractivity contribution in [3.05, 3.63) is 28.7 Å². The molecule has 0 amide bonds. The van der Waals surface area contributed by atoms with Gasteiger partial charge >= 0.3 is 0 Å². The van der Waals surface area contributed by atoms with Crippen LogP contribution in [0.1, 0.15) is 6.92 Å². The van der Waals surface area contributed by atoms with Crippen LogP contribution in [-0.2, 0) is 10.0 Å². The van der Waals surface area contributed by atoms with Crippen molar-refractivity contribution in [3.63, 3.8) is 0 Å². The molecule has 1 unspecified atom stereocenters. The predicted octanol–water partition coefficient (Wildman–Crippen LogP) is 1.43. The summed E-state index contributed by atoms with van der Waals surface area (Å²) in [7, 11) is -3.47. The predicted molar refractivity (Wildman–Crippen MR) is 90.7 cm³/mol. The number of nitrogens with two attached hydrogens (primary N) is 1. The van der Waals surface area contributed by atoms with Crippen LogP contribution in [-0.4, -0.2) is 54.8 Å². The Morgan fingerprint density at radius 2 is 1.86 bits per heavy atom. The molecule has 0 radical (unpaired) electrons. The zero-order chi connectivity index (χ0) is 15.6. The molecule has 1 heterocycles. The number of nitrogens with zero attached hydrogens (tertiary/aromatic N) is 2. The lowest BCUT2D eigenvalue weighted by Gasteiger charge is -2.37. The van der Waals surface area contributed by atoms with Gasteiger partial charge in [0.05, 0.1) is 15.9 Å². The Morgan fingerprint density at radius 1 is 1.29 bits per heavy atom.